The maximum atomic E-state index is 13.1. The molecule has 8 heteroatoms. The standard InChI is InChI=1S/C20H31FN4OS.HI/c1-4-23-20(25-9-10-27-18(13-25)14(2)3)24-12-16(19(22)26)11-15-5-7-17(21)8-6-15;/h5-8,14,16,18H,4,9-13H2,1-3H3,(H2,22,26)(H,23,24);1H. The lowest BCUT2D eigenvalue weighted by Crippen LogP contribution is -2.49. The first-order valence-corrected chi connectivity index (χ1v) is 10.6. The van der Waals surface area contributed by atoms with Crippen LogP contribution < -0.4 is 11.1 Å². The van der Waals surface area contributed by atoms with Crippen molar-refractivity contribution in [3.05, 3.63) is 35.6 Å². The molecule has 28 heavy (non-hydrogen) atoms. The maximum Gasteiger partial charge on any atom is 0.222 e. The van der Waals surface area contributed by atoms with Crippen molar-refractivity contribution in [2.45, 2.75) is 32.4 Å². The van der Waals surface area contributed by atoms with Crippen molar-refractivity contribution >= 4 is 47.6 Å². The van der Waals surface area contributed by atoms with Gasteiger partial charge in [-0.25, -0.2) is 4.39 Å². The molecule has 1 amide bonds. The van der Waals surface area contributed by atoms with E-state index in [4.69, 9.17) is 10.7 Å². The second-order valence-corrected chi connectivity index (χ2v) is 8.57. The fourth-order valence-corrected chi connectivity index (χ4v) is 4.35. The highest BCUT2D eigenvalue weighted by Crippen LogP contribution is 2.25. The minimum Gasteiger partial charge on any atom is -0.369 e. The number of amides is 1. The molecule has 0 aromatic heterocycles. The largest absolute Gasteiger partial charge is 0.369 e. The average molecular weight is 522 g/mol. The second-order valence-electron chi connectivity index (χ2n) is 7.22. The zero-order valence-electron chi connectivity index (χ0n) is 16.9. The Morgan fingerprint density at radius 3 is 2.64 bits per heavy atom. The molecule has 1 fully saturated rings. The van der Waals surface area contributed by atoms with E-state index < -0.39 is 5.92 Å². The lowest BCUT2D eigenvalue weighted by Gasteiger charge is -2.36. The Hall–Kier alpha value is -1.03. The zero-order valence-corrected chi connectivity index (χ0v) is 20.0. The van der Waals surface area contributed by atoms with Crippen molar-refractivity contribution < 1.29 is 9.18 Å². The fraction of sp³-hybridized carbons (Fsp3) is 0.600. The number of hydrogen-bond donors (Lipinski definition) is 2. The summed E-state index contributed by atoms with van der Waals surface area (Å²) in [6, 6.07) is 6.18. The first kappa shape index (κ1) is 25.0. The summed E-state index contributed by atoms with van der Waals surface area (Å²) in [4.78, 5) is 18.9. The van der Waals surface area contributed by atoms with Crippen LogP contribution in [0.15, 0.2) is 29.3 Å². The number of rotatable bonds is 7. The number of carbonyl (C=O) groups is 1. The van der Waals surface area contributed by atoms with Gasteiger partial charge in [-0.1, -0.05) is 26.0 Å². The average Bonchev–Trinajstić information content (AvgIpc) is 2.65. The minimum absolute atomic E-state index is 0. The first-order chi connectivity index (χ1) is 12.9. The smallest absolute Gasteiger partial charge is 0.222 e. The van der Waals surface area contributed by atoms with Gasteiger partial charge < -0.3 is 16.0 Å². The summed E-state index contributed by atoms with van der Waals surface area (Å²) >= 11 is 2.01. The number of nitrogens with zero attached hydrogens (tertiary/aromatic N) is 2. The van der Waals surface area contributed by atoms with Crippen LogP contribution in [0.4, 0.5) is 4.39 Å². The number of nitrogens with two attached hydrogens (primary N) is 1. The molecule has 1 aliphatic heterocycles. The van der Waals surface area contributed by atoms with Crippen LogP contribution in [0.3, 0.4) is 0 Å². The van der Waals surface area contributed by atoms with Gasteiger partial charge in [-0.3, -0.25) is 9.79 Å². The molecule has 0 saturated carbocycles. The molecule has 0 spiro atoms. The Morgan fingerprint density at radius 2 is 2.07 bits per heavy atom. The summed E-state index contributed by atoms with van der Waals surface area (Å²) in [5, 5.41) is 3.92. The number of aliphatic imine (C=N–C) groups is 1. The molecule has 0 aliphatic carbocycles. The minimum atomic E-state index is -0.413. The molecule has 0 bridgehead atoms. The van der Waals surface area contributed by atoms with Crippen LogP contribution in [0.2, 0.25) is 0 Å². The predicted molar refractivity (Wildman–Crippen MR) is 127 cm³/mol. The van der Waals surface area contributed by atoms with E-state index in [1.165, 1.54) is 12.1 Å². The van der Waals surface area contributed by atoms with E-state index in [0.717, 1.165) is 36.9 Å². The topological polar surface area (TPSA) is 70.7 Å². The zero-order chi connectivity index (χ0) is 19.8. The van der Waals surface area contributed by atoms with E-state index in [2.05, 4.69) is 24.1 Å². The number of guanidine groups is 1. The van der Waals surface area contributed by atoms with E-state index in [1.807, 2.05) is 18.7 Å². The molecule has 3 N–H and O–H groups in total. The van der Waals surface area contributed by atoms with Crippen LogP contribution in [0.5, 0.6) is 0 Å². The van der Waals surface area contributed by atoms with Crippen molar-refractivity contribution in [3.63, 3.8) is 0 Å². The highest BCUT2D eigenvalue weighted by atomic mass is 127. The van der Waals surface area contributed by atoms with E-state index in [9.17, 15) is 9.18 Å². The molecular formula is C20H32FIN4OS. The number of thioether (sulfide) groups is 1. The van der Waals surface area contributed by atoms with Gasteiger partial charge in [0.25, 0.3) is 0 Å². The Balaban J connectivity index is 0.00000392. The van der Waals surface area contributed by atoms with Crippen molar-refractivity contribution in [1.29, 1.82) is 0 Å². The third-order valence-corrected chi connectivity index (χ3v) is 6.27. The van der Waals surface area contributed by atoms with Crippen LogP contribution in [0.1, 0.15) is 26.3 Å². The van der Waals surface area contributed by atoms with E-state index in [1.54, 1.807) is 12.1 Å². The number of primary amides is 1. The molecule has 2 unspecified atom stereocenters. The molecule has 1 heterocycles. The highest BCUT2D eigenvalue weighted by Gasteiger charge is 2.25. The molecule has 2 atom stereocenters. The fourth-order valence-electron chi connectivity index (χ4n) is 3.05. The van der Waals surface area contributed by atoms with Crippen molar-refractivity contribution in [3.8, 4) is 0 Å². The van der Waals surface area contributed by atoms with Gasteiger partial charge in [0, 0.05) is 30.6 Å². The summed E-state index contributed by atoms with van der Waals surface area (Å²) in [6.45, 7) is 9.53. The molecule has 2 rings (SSSR count). The molecule has 158 valence electrons. The number of carbonyl (C=O) groups excluding carboxylic acids is 1. The third kappa shape index (κ3) is 7.77. The summed E-state index contributed by atoms with van der Waals surface area (Å²) in [6.07, 6.45) is 0.461. The van der Waals surface area contributed by atoms with E-state index >= 15 is 0 Å². The Bertz CT molecular complexity index is 642. The Labute approximate surface area is 189 Å². The Morgan fingerprint density at radius 1 is 1.39 bits per heavy atom. The van der Waals surface area contributed by atoms with Gasteiger partial charge >= 0.3 is 0 Å². The lowest BCUT2D eigenvalue weighted by molar-refractivity contribution is -0.121. The van der Waals surface area contributed by atoms with Crippen LogP contribution in [0, 0.1) is 17.7 Å². The van der Waals surface area contributed by atoms with Gasteiger partial charge in [0.1, 0.15) is 5.82 Å². The van der Waals surface area contributed by atoms with Crippen molar-refractivity contribution in [2.24, 2.45) is 22.6 Å². The first-order valence-electron chi connectivity index (χ1n) is 9.59. The monoisotopic (exact) mass is 522 g/mol. The summed E-state index contributed by atoms with van der Waals surface area (Å²) in [5.41, 5.74) is 6.48. The highest BCUT2D eigenvalue weighted by molar-refractivity contribution is 14.0. The van der Waals surface area contributed by atoms with Crippen LogP contribution >= 0.6 is 35.7 Å². The molecule has 1 aliphatic rings. The van der Waals surface area contributed by atoms with Gasteiger partial charge in [-0.05, 0) is 37.0 Å². The number of halogens is 2. The number of nitrogens with one attached hydrogen (secondary N) is 1. The van der Waals surface area contributed by atoms with E-state index in [-0.39, 0.29) is 35.7 Å². The van der Waals surface area contributed by atoms with Gasteiger partial charge in [0.15, 0.2) is 5.96 Å². The number of benzene rings is 1. The maximum absolute atomic E-state index is 13.1. The molecular weight excluding hydrogens is 490 g/mol. The lowest BCUT2D eigenvalue weighted by atomic mass is 9.99. The van der Waals surface area contributed by atoms with E-state index in [0.29, 0.717) is 24.1 Å². The quantitative estimate of drug-likeness (QED) is 0.328. The molecule has 1 saturated heterocycles. The summed E-state index contributed by atoms with van der Waals surface area (Å²) < 4.78 is 13.1. The summed E-state index contributed by atoms with van der Waals surface area (Å²) in [5.74, 6) is 1.44. The number of hydrogen-bond acceptors (Lipinski definition) is 3. The molecule has 1 aromatic carbocycles. The SMILES string of the molecule is CCNC(=NCC(Cc1ccc(F)cc1)C(N)=O)N1CCSC(C(C)C)C1.I. The predicted octanol–water partition coefficient (Wildman–Crippen LogP) is 3.13. The van der Waals surface area contributed by atoms with Gasteiger partial charge in [0.2, 0.25) is 5.91 Å². The van der Waals surface area contributed by atoms with Gasteiger partial charge in [-0.15, -0.1) is 24.0 Å². The van der Waals surface area contributed by atoms with Gasteiger partial charge in [0.05, 0.1) is 12.5 Å². The Kier molecular flexibility index (Phi) is 11.2. The third-order valence-electron chi connectivity index (χ3n) is 4.73. The molecule has 1 aromatic rings. The van der Waals surface area contributed by atoms with Gasteiger partial charge in [-0.2, -0.15) is 11.8 Å². The van der Waals surface area contributed by atoms with Crippen molar-refractivity contribution in [1.82, 2.24) is 10.2 Å². The van der Waals surface area contributed by atoms with Crippen molar-refractivity contribution in [2.75, 3.05) is 31.9 Å². The summed E-state index contributed by atoms with van der Waals surface area (Å²) in [7, 11) is 0. The van der Waals surface area contributed by atoms with Crippen LogP contribution in [-0.2, 0) is 11.2 Å². The molecule has 5 nitrogen and oxygen atoms in total. The van der Waals surface area contributed by atoms with Crippen LogP contribution in [0.25, 0.3) is 0 Å². The molecule has 0 radical (unpaired) electrons. The normalized spacial score (nSPS) is 18.5. The van der Waals surface area contributed by atoms with Crippen LogP contribution in [-0.4, -0.2) is 53.9 Å². The second kappa shape index (κ2) is 12.5.